The zero-order valence-corrected chi connectivity index (χ0v) is 7.88. The standard InChI is InChI=1S/C10H8ClNO/c1-12-5-4-10(13)8-3-2-7(11)6-9(8)12/h2-6H,1H3. The highest BCUT2D eigenvalue weighted by Gasteiger charge is 1.99. The van der Waals surface area contributed by atoms with Crippen LogP contribution in [0.3, 0.4) is 0 Å². The number of pyridine rings is 1. The fourth-order valence-electron chi connectivity index (χ4n) is 1.35. The van der Waals surface area contributed by atoms with Gasteiger partial charge < -0.3 is 4.57 Å². The normalized spacial score (nSPS) is 10.6. The molecule has 0 saturated carbocycles. The second kappa shape index (κ2) is 2.89. The molecule has 66 valence electrons. The van der Waals surface area contributed by atoms with Crippen molar-refractivity contribution < 1.29 is 0 Å². The summed E-state index contributed by atoms with van der Waals surface area (Å²) in [5.74, 6) is 0. The molecule has 2 aromatic rings. The predicted octanol–water partition coefficient (Wildman–Crippen LogP) is 2.19. The molecule has 0 amide bonds. The third-order valence-electron chi connectivity index (χ3n) is 2.05. The summed E-state index contributed by atoms with van der Waals surface area (Å²) in [7, 11) is 1.89. The van der Waals surface area contributed by atoms with Gasteiger partial charge in [0.25, 0.3) is 0 Å². The van der Waals surface area contributed by atoms with E-state index in [1.54, 1.807) is 30.5 Å². The van der Waals surface area contributed by atoms with Crippen LogP contribution in [0.25, 0.3) is 10.9 Å². The van der Waals surface area contributed by atoms with E-state index in [0.717, 1.165) is 5.52 Å². The summed E-state index contributed by atoms with van der Waals surface area (Å²) in [6.07, 6.45) is 1.74. The van der Waals surface area contributed by atoms with Crippen LogP contribution in [0.4, 0.5) is 0 Å². The highest BCUT2D eigenvalue weighted by Crippen LogP contribution is 2.15. The molecular formula is C10H8ClNO. The predicted molar refractivity (Wildman–Crippen MR) is 54.2 cm³/mol. The van der Waals surface area contributed by atoms with Crippen LogP contribution in [0.2, 0.25) is 5.02 Å². The summed E-state index contributed by atoms with van der Waals surface area (Å²) < 4.78 is 1.88. The average molecular weight is 194 g/mol. The van der Waals surface area contributed by atoms with Crippen LogP contribution >= 0.6 is 11.6 Å². The van der Waals surface area contributed by atoms with Gasteiger partial charge >= 0.3 is 0 Å². The number of aromatic nitrogens is 1. The van der Waals surface area contributed by atoms with E-state index in [1.165, 1.54) is 0 Å². The van der Waals surface area contributed by atoms with Crippen LogP contribution in [0.15, 0.2) is 35.3 Å². The summed E-state index contributed by atoms with van der Waals surface area (Å²) in [6.45, 7) is 0. The van der Waals surface area contributed by atoms with Crippen LogP contribution in [0, 0.1) is 0 Å². The molecule has 0 spiro atoms. The van der Waals surface area contributed by atoms with Crippen molar-refractivity contribution in [3.63, 3.8) is 0 Å². The lowest BCUT2D eigenvalue weighted by Crippen LogP contribution is -2.04. The highest BCUT2D eigenvalue weighted by atomic mass is 35.5. The van der Waals surface area contributed by atoms with Gasteiger partial charge in [-0.25, -0.2) is 0 Å². The average Bonchev–Trinajstić information content (AvgIpc) is 2.12. The number of halogens is 1. The Bertz CT molecular complexity index is 516. The van der Waals surface area contributed by atoms with Crippen molar-refractivity contribution >= 4 is 22.5 Å². The summed E-state index contributed by atoms with van der Waals surface area (Å²) in [6, 6.07) is 6.82. The lowest BCUT2D eigenvalue weighted by molar-refractivity contribution is 0.950. The fraction of sp³-hybridized carbons (Fsp3) is 0.100. The Morgan fingerprint density at radius 3 is 2.85 bits per heavy atom. The van der Waals surface area contributed by atoms with Gasteiger partial charge in [-0.3, -0.25) is 4.79 Å². The molecule has 1 aromatic heterocycles. The number of nitrogens with zero attached hydrogens (tertiary/aromatic N) is 1. The van der Waals surface area contributed by atoms with E-state index in [4.69, 9.17) is 11.6 Å². The van der Waals surface area contributed by atoms with Gasteiger partial charge in [-0.15, -0.1) is 0 Å². The number of rotatable bonds is 0. The zero-order chi connectivity index (χ0) is 9.42. The zero-order valence-electron chi connectivity index (χ0n) is 7.12. The molecule has 0 bridgehead atoms. The molecular weight excluding hydrogens is 186 g/mol. The maximum absolute atomic E-state index is 11.4. The quantitative estimate of drug-likeness (QED) is 0.629. The molecule has 2 rings (SSSR count). The van der Waals surface area contributed by atoms with E-state index in [2.05, 4.69) is 0 Å². The molecule has 1 heterocycles. The lowest BCUT2D eigenvalue weighted by atomic mass is 10.2. The first-order chi connectivity index (χ1) is 6.18. The van der Waals surface area contributed by atoms with E-state index in [0.29, 0.717) is 10.4 Å². The molecule has 0 aliphatic carbocycles. The van der Waals surface area contributed by atoms with Gasteiger partial charge in [0, 0.05) is 29.7 Å². The minimum Gasteiger partial charge on any atom is -0.350 e. The number of hydrogen-bond donors (Lipinski definition) is 0. The fourth-order valence-corrected chi connectivity index (χ4v) is 1.52. The second-order valence-electron chi connectivity index (χ2n) is 2.95. The third kappa shape index (κ3) is 1.33. The molecule has 0 radical (unpaired) electrons. The second-order valence-corrected chi connectivity index (χ2v) is 3.39. The Labute approximate surface area is 80.4 Å². The smallest absolute Gasteiger partial charge is 0.189 e. The van der Waals surface area contributed by atoms with Crippen LogP contribution in [-0.2, 0) is 7.05 Å². The first-order valence-corrected chi connectivity index (χ1v) is 4.31. The topological polar surface area (TPSA) is 22.0 Å². The Balaban J connectivity index is 3.01. The van der Waals surface area contributed by atoms with Crippen molar-refractivity contribution in [2.75, 3.05) is 0 Å². The number of hydrogen-bond acceptors (Lipinski definition) is 1. The van der Waals surface area contributed by atoms with E-state index in [1.807, 2.05) is 11.6 Å². The third-order valence-corrected chi connectivity index (χ3v) is 2.29. The van der Waals surface area contributed by atoms with Gasteiger partial charge in [-0.2, -0.15) is 0 Å². The highest BCUT2D eigenvalue weighted by molar-refractivity contribution is 6.31. The van der Waals surface area contributed by atoms with Gasteiger partial charge in [0.1, 0.15) is 0 Å². The monoisotopic (exact) mass is 193 g/mol. The number of fused-ring (bicyclic) bond motifs is 1. The Morgan fingerprint density at radius 2 is 2.08 bits per heavy atom. The Hall–Kier alpha value is -1.28. The van der Waals surface area contributed by atoms with Crippen molar-refractivity contribution in [1.29, 1.82) is 0 Å². The molecule has 0 saturated heterocycles. The van der Waals surface area contributed by atoms with Gasteiger partial charge in [0.05, 0.1) is 5.52 Å². The molecule has 0 N–H and O–H groups in total. The molecule has 1 aromatic carbocycles. The molecule has 0 unspecified atom stereocenters. The van der Waals surface area contributed by atoms with Crippen molar-refractivity contribution in [2.45, 2.75) is 0 Å². The summed E-state index contributed by atoms with van der Waals surface area (Å²) in [5.41, 5.74) is 0.893. The van der Waals surface area contributed by atoms with Crippen molar-refractivity contribution in [3.05, 3.63) is 45.7 Å². The van der Waals surface area contributed by atoms with Gasteiger partial charge in [0.2, 0.25) is 0 Å². The molecule has 0 atom stereocenters. The van der Waals surface area contributed by atoms with Gasteiger partial charge in [0.15, 0.2) is 5.43 Å². The first kappa shape index (κ1) is 8.32. The van der Waals surface area contributed by atoms with Crippen LogP contribution in [0.5, 0.6) is 0 Å². The molecule has 3 heteroatoms. The SMILES string of the molecule is Cn1ccc(=O)c2ccc(Cl)cc21. The number of aryl methyl sites for hydroxylation is 1. The Morgan fingerprint density at radius 1 is 1.31 bits per heavy atom. The number of benzene rings is 1. The van der Waals surface area contributed by atoms with Crippen LogP contribution in [-0.4, -0.2) is 4.57 Å². The molecule has 0 aliphatic rings. The van der Waals surface area contributed by atoms with Gasteiger partial charge in [-0.05, 0) is 18.2 Å². The van der Waals surface area contributed by atoms with E-state index < -0.39 is 0 Å². The molecule has 0 aliphatic heterocycles. The molecule has 2 nitrogen and oxygen atoms in total. The molecule has 0 fully saturated rings. The maximum Gasteiger partial charge on any atom is 0.189 e. The van der Waals surface area contributed by atoms with E-state index >= 15 is 0 Å². The maximum atomic E-state index is 11.4. The van der Waals surface area contributed by atoms with Gasteiger partial charge in [-0.1, -0.05) is 11.6 Å². The van der Waals surface area contributed by atoms with Crippen LogP contribution in [0.1, 0.15) is 0 Å². The van der Waals surface area contributed by atoms with Crippen molar-refractivity contribution in [2.24, 2.45) is 7.05 Å². The van der Waals surface area contributed by atoms with E-state index in [-0.39, 0.29) is 5.43 Å². The van der Waals surface area contributed by atoms with Crippen molar-refractivity contribution in [1.82, 2.24) is 4.57 Å². The first-order valence-electron chi connectivity index (χ1n) is 3.93. The molecule has 13 heavy (non-hydrogen) atoms. The summed E-state index contributed by atoms with van der Waals surface area (Å²) >= 11 is 5.83. The van der Waals surface area contributed by atoms with Crippen molar-refractivity contribution in [3.8, 4) is 0 Å². The largest absolute Gasteiger partial charge is 0.350 e. The van der Waals surface area contributed by atoms with E-state index in [9.17, 15) is 4.79 Å². The van der Waals surface area contributed by atoms with Crippen LogP contribution < -0.4 is 5.43 Å². The summed E-state index contributed by atoms with van der Waals surface area (Å²) in [4.78, 5) is 11.4. The Kier molecular flexibility index (Phi) is 1.85. The lowest BCUT2D eigenvalue weighted by Gasteiger charge is -2.03. The minimum atomic E-state index is 0.0322. The summed E-state index contributed by atoms with van der Waals surface area (Å²) in [5, 5.41) is 1.35. The minimum absolute atomic E-state index is 0.0322.